The maximum Gasteiger partial charge on any atom is 0.211 e. The molecular weight excluding hydrogens is 286 g/mol. The zero-order valence-corrected chi connectivity index (χ0v) is 12.7. The summed E-state index contributed by atoms with van der Waals surface area (Å²) >= 11 is 5.86. The summed E-state index contributed by atoms with van der Waals surface area (Å²) in [6.07, 6.45) is 1.25. The van der Waals surface area contributed by atoms with Gasteiger partial charge in [0.15, 0.2) is 0 Å². The van der Waals surface area contributed by atoms with Crippen LogP contribution >= 0.6 is 11.6 Å². The first-order chi connectivity index (χ1) is 8.90. The van der Waals surface area contributed by atoms with Gasteiger partial charge < -0.3 is 4.90 Å². The van der Waals surface area contributed by atoms with Crippen molar-refractivity contribution < 1.29 is 8.42 Å². The highest BCUT2D eigenvalue weighted by atomic mass is 35.5. The second-order valence-corrected chi connectivity index (χ2v) is 7.01. The van der Waals surface area contributed by atoms with E-state index in [2.05, 4.69) is 9.88 Å². The van der Waals surface area contributed by atoms with Crippen molar-refractivity contribution in [3.63, 3.8) is 0 Å². The maximum absolute atomic E-state index is 11.5. The second-order valence-electron chi connectivity index (χ2n) is 4.76. The van der Waals surface area contributed by atoms with E-state index in [1.165, 1.54) is 10.6 Å². The summed E-state index contributed by atoms with van der Waals surface area (Å²) in [5.41, 5.74) is 1.97. The molecule has 1 aromatic heterocycles. The average molecular weight is 304 g/mol. The third kappa shape index (κ3) is 3.58. The van der Waals surface area contributed by atoms with Crippen molar-refractivity contribution in [1.82, 2.24) is 9.29 Å². The van der Waals surface area contributed by atoms with Gasteiger partial charge in [0.2, 0.25) is 10.0 Å². The van der Waals surface area contributed by atoms with Crippen LogP contribution in [0.1, 0.15) is 11.3 Å². The predicted molar refractivity (Wildman–Crippen MR) is 77.2 cm³/mol. The molecule has 5 nitrogen and oxygen atoms in total. The zero-order chi connectivity index (χ0) is 14.0. The number of sulfonamides is 1. The van der Waals surface area contributed by atoms with E-state index in [0.717, 1.165) is 17.1 Å². The van der Waals surface area contributed by atoms with Crippen molar-refractivity contribution in [3.05, 3.63) is 23.4 Å². The van der Waals surface area contributed by atoms with E-state index in [0.29, 0.717) is 32.1 Å². The molecular formula is C12H18ClN3O2S. The number of alkyl halides is 1. The number of piperazine rings is 1. The normalized spacial score (nSPS) is 17.7. The minimum atomic E-state index is -3.09. The molecule has 0 bridgehead atoms. The monoisotopic (exact) mass is 303 g/mol. The smallest absolute Gasteiger partial charge is 0.211 e. The number of hydrogen-bond acceptors (Lipinski definition) is 4. The fraction of sp³-hybridized carbons (Fsp3) is 0.583. The van der Waals surface area contributed by atoms with Crippen LogP contribution in [0.4, 0.5) is 5.82 Å². The fourth-order valence-corrected chi connectivity index (χ4v) is 3.19. The highest BCUT2D eigenvalue weighted by molar-refractivity contribution is 7.88. The predicted octanol–water partition coefficient (Wildman–Crippen LogP) is 1.21. The van der Waals surface area contributed by atoms with Crippen LogP contribution in [0, 0.1) is 6.92 Å². The van der Waals surface area contributed by atoms with Gasteiger partial charge in [-0.1, -0.05) is 0 Å². The van der Waals surface area contributed by atoms with E-state index in [-0.39, 0.29) is 0 Å². The summed E-state index contributed by atoms with van der Waals surface area (Å²) < 4.78 is 24.4. The van der Waals surface area contributed by atoms with Crippen LogP contribution in [-0.4, -0.2) is 50.1 Å². The second kappa shape index (κ2) is 5.64. The van der Waals surface area contributed by atoms with Crippen LogP contribution in [-0.2, 0) is 15.9 Å². The number of hydrogen-bond donors (Lipinski definition) is 0. The summed E-state index contributed by atoms with van der Waals surface area (Å²) in [5, 5.41) is 0. The summed E-state index contributed by atoms with van der Waals surface area (Å²) in [6.45, 7) is 4.26. The number of anilines is 1. The Bertz CT molecular complexity index is 554. The summed E-state index contributed by atoms with van der Waals surface area (Å²) in [4.78, 5) is 6.59. The lowest BCUT2D eigenvalue weighted by Crippen LogP contribution is -2.48. The molecule has 0 aliphatic carbocycles. The van der Waals surface area contributed by atoms with Gasteiger partial charge in [0.25, 0.3) is 0 Å². The molecule has 106 valence electrons. The van der Waals surface area contributed by atoms with Gasteiger partial charge in [0.1, 0.15) is 5.82 Å². The van der Waals surface area contributed by atoms with E-state index >= 15 is 0 Å². The van der Waals surface area contributed by atoms with Gasteiger partial charge in [0.05, 0.1) is 6.26 Å². The Morgan fingerprint density at radius 3 is 2.42 bits per heavy atom. The van der Waals surface area contributed by atoms with Gasteiger partial charge in [-0.3, -0.25) is 0 Å². The van der Waals surface area contributed by atoms with Crippen molar-refractivity contribution in [2.45, 2.75) is 12.8 Å². The molecule has 2 rings (SSSR count). The first-order valence-electron chi connectivity index (χ1n) is 6.14. The molecule has 0 N–H and O–H groups in total. The minimum absolute atomic E-state index is 0.458. The first-order valence-corrected chi connectivity index (χ1v) is 8.52. The number of pyridine rings is 1. The highest BCUT2D eigenvalue weighted by Gasteiger charge is 2.24. The van der Waals surface area contributed by atoms with Crippen molar-refractivity contribution >= 4 is 27.4 Å². The number of halogens is 1. The Balaban J connectivity index is 2.11. The molecule has 0 aromatic carbocycles. The van der Waals surface area contributed by atoms with Crippen LogP contribution in [0.15, 0.2) is 12.1 Å². The van der Waals surface area contributed by atoms with Gasteiger partial charge in [-0.2, -0.15) is 4.31 Å². The van der Waals surface area contributed by atoms with Crippen molar-refractivity contribution in [2.24, 2.45) is 0 Å². The van der Waals surface area contributed by atoms with Gasteiger partial charge in [0, 0.05) is 37.8 Å². The summed E-state index contributed by atoms with van der Waals surface area (Å²) in [7, 11) is -3.09. The SMILES string of the molecule is Cc1cc(CCl)cc(N2CCN(S(C)(=O)=O)CC2)n1. The van der Waals surface area contributed by atoms with E-state index in [1.54, 1.807) is 0 Å². The number of rotatable bonds is 3. The molecule has 1 fully saturated rings. The molecule has 7 heteroatoms. The van der Waals surface area contributed by atoms with Crippen LogP contribution in [0.3, 0.4) is 0 Å². The molecule has 0 amide bonds. The molecule has 0 radical (unpaired) electrons. The van der Waals surface area contributed by atoms with Crippen molar-refractivity contribution in [2.75, 3.05) is 37.3 Å². The first kappa shape index (κ1) is 14.6. The van der Waals surface area contributed by atoms with Gasteiger partial charge in [-0.25, -0.2) is 13.4 Å². The van der Waals surface area contributed by atoms with Crippen LogP contribution in [0.2, 0.25) is 0 Å². The maximum atomic E-state index is 11.5. The highest BCUT2D eigenvalue weighted by Crippen LogP contribution is 2.18. The minimum Gasteiger partial charge on any atom is -0.354 e. The molecule has 1 aliphatic rings. The Morgan fingerprint density at radius 2 is 1.89 bits per heavy atom. The molecule has 1 saturated heterocycles. The molecule has 0 saturated carbocycles. The molecule has 0 unspecified atom stereocenters. The third-order valence-corrected chi connectivity index (χ3v) is 4.80. The largest absolute Gasteiger partial charge is 0.354 e. The quantitative estimate of drug-likeness (QED) is 0.788. The van der Waals surface area contributed by atoms with Crippen LogP contribution in [0.25, 0.3) is 0 Å². The van der Waals surface area contributed by atoms with Crippen LogP contribution in [0.5, 0.6) is 0 Å². The topological polar surface area (TPSA) is 53.5 Å². The van der Waals surface area contributed by atoms with Gasteiger partial charge in [-0.15, -0.1) is 11.6 Å². The standard InChI is InChI=1S/C12H18ClN3O2S/c1-10-7-11(9-13)8-12(14-10)15-3-5-16(6-4-15)19(2,17)18/h7-8H,3-6,9H2,1-2H3. The molecule has 1 aromatic rings. The third-order valence-electron chi connectivity index (χ3n) is 3.19. The summed E-state index contributed by atoms with van der Waals surface area (Å²) in [5.74, 6) is 1.34. The van der Waals surface area contributed by atoms with E-state index in [9.17, 15) is 8.42 Å². The Labute approximate surface area is 119 Å². The molecule has 0 spiro atoms. The summed E-state index contributed by atoms with van der Waals surface area (Å²) in [6, 6.07) is 3.93. The van der Waals surface area contributed by atoms with Crippen LogP contribution < -0.4 is 4.90 Å². The van der Waals surface area contributed by atoms with Crippen molar-refractivity contribution in [1.29, 1.82) is 0 Å². The molecule has 19 heavy (non-hydrogen) atoms. The lowest BCUT2D eigenvalue weighted by atomic mass is 10.2. The lowest BCUT2D eigenvalue weighted by molar-refractivity contribution is 0.387. The van der Waals surface area contributed by atoms with E-state index in [1.807, 2.05) is 19.1 Å². The molecule has 2 heterocycles. The van der Waals surface area contributed by atoms with Gasteiger partial charge in [-0.05, 0) is 24.6 Å². The average Bonchev–Trinajstić information content (AvgIpc) is 2.37. The van der Waals surface area contributed by atoms with Crippen molar-refractivity contribution in [3.8, 4) is 0 Å². The van der Waals surface area contributed by atoms with Gasteiger partial charge >= 0.3 is 0 Å². The number of aryl methyl sites for hydroxylation is 1. The fourth-order valence-electron chi connectivity index (χ4n) is 2.21. The Morgan fingerprint density at radius 1 is 1.26 bits per heavy atom. The number of nitrogens with zero attached hydrogens (tertiary/aromatic N) is 3. The van der Waals surface area contributed by atoms with E-state index in [4.69, 9.17) is 11.6 Å². The molecule has 1 aliphatic heterocycles. The zero-order valence-electron chi connectivity index (χ0n) is 11.1. The molecule has 0 atom stereocenters. The van der Waals surface area contributed by atoms with E-state index < -0.39 is 10.0 Å². The Hall–Kier alpha value is -0.850. The Kier molecular flexibility index (Phi) is 4.32. The lowest BCUT2D eigenvalue weighted by Gasteiger charge is -2.34. The number of aromatic nitrogens is 1.